The molecule has 1 aliphatic heterocycles. The molecular formula is C13H16BrCl2NS. The first-order valence-corrected chi connectivity index (χ1v) is 8.60. The number of hydrogen-bond acceptors (Lipinski definition) is 2. The molecule has 1 heterocycles. The van der Waals surface area contributed by atoms with E-state index in [0.29, 0.717) is 16.1 Å². The second-order valence-electron chi connectivity index (χ2n) is 5.23. The van der Waals surface area contributed by atoms with Gasteiger partial charge in [0, 0.05) is 16.3 Å². The van der Waals surface area contributed by atoms with Gasteiger partial charge in [0.2, 0.25) is 0 Å². The van der Waals surface area contributed by atoms with Crippen molar-refractivity contribution in [1.29, 1.82) is 0 Å². The molecule has 0 bridgehead atoms. The van der Waals surface area contributed by atoms with Gasteiger partial charge in [-0.3, -0.25) is 0 Å². The number of rotatable bonds is 2. The zero-order valence-corrected chi connectivity index (χ0v) is 14.3. The van der Waals surface area contributed by atoms with E-state index in [9.17, 15) is 0 Å². The molecule has 0 radical (unpaired) electrons. The molecule has 18 heavy (non-hydrogen) atoms. The van der Waals surface area contributed by atoms with Gasteiger partial charge in [-0.15, -0.1) is 0 Å². The SMILES string of the molecule is CC1(C)CCSCC1Nc1ccc(Br)c(Cl)c1Cl. The molecule has 0 spiro atoms. The Morgan fingerprint density at radius 3 is 2.72 bits per heavy atom. The molecular weight excluding hydrogens is 353 g/mol. The van der Waals surface area contributed by atoms with Crippen LogP contribution in [-0.2, 0) is 0 Å². The first kappa shape index (κ1) is 14.8. The highest BCUT2D eigenvalue weighted by Crippen LogP contribution is 2.40. The molecule has 0 aromatic heterocycles. The van der Waals surface area contributed by atoms with Gasteiger partial charge in [-0.25, -0.2) is 0 Å². The maximum atomic E-state index is 6.28. The van der Waals surface area contributed by atoms with Crippen LogP contribution in [0.1, 0.15) is 20.3 Å². The van der Waals surface area contributed by atoms with Crippen LogP contribution < -0.4 is 5.32 Å². The molecule has 1 aromatic rings. The van der Waals surface area contributed by atoms with Gasteiger partial charge in [0.15, 0.2) is 0 Å². The molecule has 0 aliphatic carbocycles. The zero-order valence-electron chi connectivity index (χ0n) is 10.4. The zero-order chi connectivity index (χ0) is 13.3. The number of benzene rings is 1. The quantitative estimate of drug-likeness (QED) is 0.672. The molecule has 1 N–H and O–H groups in total. The van der Waals surface area contributed by atoms with E-state index >= 15 is 0 Å². The lowest BCUT2D eigenvalue weighted by Crippen LogP contribution is -2.41. The van der Waals surface area contributed by atoms with Crippen LogP contribution in [0.4, 0.5) is 5.69 Å². The van der Waals surface area contributed by atoms with Crippen molar-refractivity contribution in [1.82, 2.24) is 0 Å². The lowest BCUT2D eigenvalue weighted by atomic mass is 9.82. The van der Waals surface area contributed by atoms with Crippen LogP contribution in [0.3, 0.4) is 0 Å². The summed E-state index contributed by atoms with van der Waals surface area (Å²) in [4.78, 5) is 0. The van der Waals surface area contributed by atoms with Crippen LogP contribution in [0.2, 0.25) is 10.0 Å². The Balaban J connectivity index is 2.21. The van der Waals surface area contributed by atoms with Crippen molar-refractivity contribution in [2.45, 2.75) is 26.3 Å². The number of hydrogen-bond donors (Lipinski definition) is 1. The van der Waals surface area contributed by atoms with Crippen LogP contribution in [0.5, 0.6) is 0 Å². The Kier molecular flexibility index (Phi) is 4.80. The molecule has 0 amide bonds. The minimum Gasteiger partial charge on any atom is -0.380 e. The first-order valence-electron chi connectivity index (χ1n) is 5.89. The third-order valence-corrected chi connectivity index (χ3v) is 6.32. The topological polar surface area (TPSA) is 12.0 Å². The monoisotopic (exact) mass is 367 g/mol. The summed E-state index contributed by atoms with van der Waals surface area (Å²) in [5.41, 5.74) is 1.21. The van der Waals surface area contributed by atoms with E-state index in [2.05, 4.69) is 35.1 Å². The Morgan fingerprint density at radius 1 is 1.33 bits per heavy atom. The second kappa shape index (κ2) is 5.82. The lowest BCUT2D eigenvalue weighted by molar-refractivity contribution is 0.305. The fourth-order valence-corrected chi connectivity index (χ4v) is 4.43. The van der Waals surface area contributed by atoms with Gasteiger partial charge >= 0.3 is 0 Å². The second-order valence-corrected chi connectivity index (χ2v) is 7.99. The smallest absolute Gasteiger partial charge is 0.0835 e. The summed E-state index contributed by atoms with van der Waals surface area (Å²) in [5, 5.41) is 4.72. The maximum absolute atomic E-state index is 6.28. The molecule has 1 unspecified atom stereocenters. The highest BCUT2D eigenvalue weighted by Gasteiger charge is 2.32. The van der Waals surface area contributed by atoms with Gasteiger partial charge in [0.05, 0.1) is 15.7 Å². The molecule has 1 fully saturated rings. The largest absolute Gasteiger partial charge is 0.380 e. The van der Waals surface area contributed by atoms with Gasteiger partial charge in [-0.1, -0.05) is 37.0 Å². The summed E-state index contributed by atoms with van der Waals surface area (Å²) in [6, 6.07) is 4.33. The summed E-state index contributed by atoms with van der Waals surface area (Å²) < 4.78 is 0.831. The Labute approximate surface area is 131 Å². The molecule has 1 atom stereocenters. The summed E-state index contributed by atoms with van der Waals surface area (Å²) in [6.07, 6.45) is 1.22. The molecule has 1 nitrogen and oxygen atoms in total. The first-order chi connectivity index (χ1) is 8.42. The predicted octanol–water partition coefficient (Wildman–Crippen LogP) is 5.70. The number of nitrogens with one attached hydrogen (secondary N) is 1. The van der Waals surface area contributed by atoms with E-state index in [1.807, 2.05) is 23.9 Å². The van der Waals surface area contributed by atoms with E-state index in [1.165, 1.54) is 12.2 Å². The molecule has 100 valence electrons. The van der Waals surface area contributed by atoms with Gasteiger partial charge in [0.25, 0.3) is 0 Å². The fraction of sp³-hybridized carbons (Fsp3) is 0.538. The van der Waals surface area contributed by atoms with Crippen molar-refractivity contribution in [2.75, 3.05) is 16.8 Å². The minimum absolute atomic E-state index is 0.286. The average molecular weight is 369 g/mol. The fourth-order valence-electron chi connectivity index (χ4n) is 2.00. The standard InChI is InChI=1S/C13H16BrCl2NS/c1-13(2)5-6-18-7-10(13)17-9-4-3-8(14)11(15)12(9)16/h3-4,10,17H,5-7H2,1-2H3. The average Bonchev–Trinajstić information content (AvgIpc) is 2.32. The van der Waals surface area contributed by atoms with Gasteiger partial charge in [0.1, 0.15) is 0 Å². The highest BCUT2D eigenvalue weighted by atomic mass is 79.9. The van der Waals surface area contributed by atoms with Crippen molar-refractivity contribution in [3.8, 4) is 0 Å². The third-order valence-electron chi connectivity index (χ3n) is 3.48. The Bertz CT molecular complexity index is 451. The normalized spacial score (nSPS) is 22.8. The van der Waals surface area contributed by atoms with E-state index in [-0.39, 0.29) is 5.41 Å². The van der Waals surface area contributed by atoms with E-state index < -0.39 is 0 Å². The van der Waals surface area contributed by atoms with Crippen molar-refractivity contribution in [2.24, 2.45) is 5.41 Å². The van der Waals surface area contributed by atoms with Crippen molar-refractivity contribution in [3.63, 3.8) is 0 Å². The van der Waals surface area contributed by atoms with E-state index in [4.69, 9.17) is 23.2 Å². The lowest BCUT2D eigenvalue weighted by Gasteiger charge is -2.39. The van der Waals surface area contributed by atoms with Crippen molar-refractivity contribution >= 4 is 56.6 Å². The molecule has 1 saturated heterocycles. The third kappa shape index (κ3) is 3.12. The number of anilines is 1. The van der Waals surface area contributed by atoms with Gasteiger partial charge in [-0.05, 0) is 45.7 Å². The van der Waals surface area contributed by atoms with Crippen LogP contribution in [0, 0.1) is 5.41 Å². The number of halogens is 3. The molecule has 5 heteroatoms. The molecule has 1 aliphatic rings. The summed E-state index contributed by atoms with van der Waals surface area (Å²) in [5.74, 6) is 2.34. The predicted molar refractivity (Wildman–Crippen MR) is 87.3 cm³/mol. The van der Waals surface area contributed by atoms with Gasteiger partial charge < -0.3 is 5.32 Å². The molecule has 2 rings (SSSR count). The van der Waals surface area contributed by atoms with Crippen LogP contribution in [-0.4, -0.2) is 17.5 Å². The van der Waals surface area contributed by atoms with Crippen LogP contribution in [0.15, 0.2) is 16.6 Å². The van der Waals surface area contributed by atoms with Crippen LogP contribution >= 0.6 is 50.9 Å². The summed E-state index contributed by atoms with van der Waals surface area (Å²) in [6.45, 7) is 4.61. The summed E-state index contributed by atoms with van der Waals surface area (Å²) in [7, 11) is 0. The molecule has 0 saturated carbocycles. The summed E-state index contributed by atoms with van der Waals surface area (Å²) >= 11 is 17.8. The van der Waals surface area contributed by atoms with Crippen molar-refractivity contribution in [3.05, 3.63) is 26.7 Å². The Morgan fingerprint density at radius 2 is 2.06 bits per heavy atom. The Hall–Kier alpha value is 0.430. The number of thioether (sulfide) groups is 1. The van der Waals surface area contributed by atoms with Gasteiger partial charge in [-0.2, -0.15) is 11.8 Å². The maximum Gasteiger partial charge on any atom is 0.0835 e. The van der Waals surface area contributed by atoms with E-state index in [0.717, 1.165) is 15.9 Å². The van der Waals surface area contributed by atoms with Crippen molar-refractivity contribution < 1.29 is 0 Å². The minimum atomic E-state index is 0.286. The highest BCUT2D eigenvalue weighted by molar-refractivity contribution is 9.10. The van der Waals surface area contributed by atoms with Crippen LogP contribution in [0.25, 0.3) is 0 Å². The van der Waals surface area contributed by atoms with E-state index in [1.54, 1.807) is 0 Å². The molecule has 1 aromatic carbocycles.